The van der Waals surface area contributed by atoms with Crippen LogP contribution in [0.2, 0.25) is 0 Å². The van der Waals surface area contributed by atoms with Crippen LogP contribution in [0.5, 0.6) is 5.75 Å². The molecule has 0 aliphatic rings. The van der Waals surface area contributed by atoms with E-state index in [9.17, 15) is 0 Å². The lowest BCUT2D eigenvalue weighted by molar-refractivity contribution is 0.413. The van der Waals surface area contributed by atoms with Gasteiger partial charge in [-0.1, -0.05) is 30.8 Å². The Morgan fingerprint density at radius 2 is 2.37 bits per heavy atom. The second-order valence-electron chi connectivity index (χ2n) is 4.09. The fourth-order valence-corrected chi connectivity index (χ4v) is 2.79. The number of H-pyrrole nitrogens is 1. The second kappa shape index (κ2) is 7.21. The minimum atomic E-state index is 0.287. The van der Waals surface area contributed by atoms with Gasteiger partial charge in [-0.2, -0.15) is 0 Å². The van der Waals surface area contributed by atoms with Crippen LogP contribution in [0.25, 0.3) is 0 Å². The summed E-state index contributed by atoms with van der Waals surface area (Å²) >= 11 is 1.71. The third-order valence-corrected chi connectivity index (χ3v) is 3.80. The van der Waals surface area contributed by atoms with Crippen molar-refractivity contribution >= 4 is 11.8 Å². The summed E-state index contributed by atoms with van der Waals surface area (Å²) in [7, 11) is 1.69. The van der Waals surface area contributed by atoms with Gasteiger partial charge in [0.1, 0.15) is 5.75 Å². The maximum absolute atomic E-state index is 5.28. The summed E-state index contributed by atoms with van der Waals surface area (Å²) < 4.78 is 5.28. The van der Waals surface area contributed by atoms with E-state index < -0.39 is 0 Å². The summed E-state index contributed by atoms with van der Waals surface area (Å²) in [4.78, 5) is 7.34. The third-order valence-electron chi connectivity index (χ3n) is 2.81. The lowest BCUT2D eigenvalue weighted by Gasteiger charge is -2.18. The number of ether oxygens (including phenoxy) is 1. The maximum atomic E-state index is 5.28. The summed E-state index contributed by atoms with van der Waals surface area (Å²) in [6.45, 7) is 3.05. The van der Waals surface area contributed by atoms with E-state index in [1.54, 1.807) is 25.1 Å². The molecule has 0 saturated heterocycles. The minimum absolute atomic E-state index is 0.287. The highest BCUT2D eigenvalue weighted by Gasteiger charge is 2.12. The molecule has 2 rings (SSSR count). The molecular weight excluding hydrogens is 258 g/mol. The molecule has 1 aromatic heterocycles. The van der Waals surface area contributed by atoms with Crippen LogP contribution < -0.4 is 10.1 Å². The Hall–Kier alpha value is -1.46. The molecule has 0 aliphatic carbocycles. The fourth-order valence-electron chi connectivity index (χ4n) is 1.87. The first-order valence-electron chi connectivity index (χ1n) is 6.33. The summed E-state index contributed by atoms with van der Waals surface area (Å²) in [5.74, 6) is 1.82. The van der Waals surface area contributed by atoms with E-state index in [0.29, 0.717) is 0 Å². The molecule has 2 aromatic rings. The SMILES string of the molecule is CCNC(CSc1ncc[nH]1)c1cccc(OC)c1. The molecule has 0 radical (unpaired) electrons. The summed E-state index contributed by atoms with van der Waals surface area (Å²) in [6.07, 6.45) is 3.62. The zero-order chi connectivity index (χ0) is 13.5. The molecule has 102 valence electrons. The van der Waals surface area contributed by atoms with Crippen molar-refractivity contribution < 1.29 is 4.74 Å². The average Bonchev–Trinajstić information content (AvgIpc) is 2.97. The molecule has 0 amide bonds. The van der Waals surface area contributed by atoms with Crippen LogP contribution in [0.3, 0.4) is 0 Å². The van der Waals surface area contributed by atoms with E-state index in [2.05, 4.69) is 34.3 Å². The van der Waals surface area contributed by atoms with Gasteiger partial charge in [0.05, 0.1) is 7.11 Å². The highest BCUT2D eigenvalue weighted by molar-refractivity contribution is 7.99. The molecule has 2 N–H and O–H groups in total. The van der Waals surface area contributed by atoms with Gasteiger partial charge < -0.3 is 15.0 Å². The average molecular weight is 277 g/mol. The first kappa shape index (κ1) is 14.0. The van der Waals surface area contributed by atoms with Crippen molar-refractivity contribution in [2.24, 2.45) is 0 Å². The number of nitrogens with zero attached hydrogens (tertiary/aromatic N) is 1. The van der Waals surface area contributed by atoms with E-state index >= 15 is 0 Å². The van der Waals surface area contributed by atoms with Gasteiger partial charge in [-0.3, -0.25) is 0 Å². The van der Waals surface area contributed by atoms with Gasteiger partial charge in [0.25, 0.3) is 0 Å². The van der Waals surface area contributed by atoms with Gasteiger partial charge in [0, 0.05) is 24.2 Å². The second-order valence-corrected chi connectivity index (χ2v) is 5.10. The monoisotopic (exact) mass is 277 g/mol. The topological polar surface area (TPSA) is 49.9 Å². The highest BCUT2D eigenvalue weighted by atomic mass is 32.2. The Bertz CT molecular complexity index is 487. The van der Waals surface area contributed by atoms with E-state index in [1.807, 2.05) is 18.3 Å². The number of thioether (sulfide) groups is 1. The Morgan fingerprint density at radius 3 is 3.05 bits per heavy atom. The van der Waals surface area contributed by atoms with Crippen molar-refractivity contribution in [3.63, 3.8) is 0 Å². The van der Waals surface area contributed by atoms with Crippen molar-refractivity contribution in [3.8, 4) is 5.75 Å². The van der Waals surface area contributed by atoms with Crippen LogP contribution in [0.1, 0.15) is 18.5 Å². The van der Waals surface area contributed by atoms with Crippen molar-refractivity contribution in [1.29, 1.82) is 0 Å². The van der Waals surface area contributed by atoms with Gasteiger partial charge in [-0.25, -0.2) is 4.98 Å². The van der Waals surface area contributed by atoms with E-state index in [0.717, 1.165) is 23.2 Å². The summed E-state index contributed by atoms with van der Waals surface area (Å²) in [5.41, 5.74) is 1.24. The number of methoxy groups -OCH3 is 1. The number of benzene rings is 1. The third kappa shape index (κ3) is 4.01. The Balaban J connectivity index is 2.05. The number of aromatic amines is 1. The minimum Gasteiger partial charge on any atom is -0.497 e. The molecule has 0 aliphatic heterocycles. The molecule has 1 unspecified atom stereocenters. The predicted molar refractivity (Wildman–Crippen MR) is 78.7 cm³/mol. The zero-order valence-electron chi connectivity index (χ0n) is 11.2. The normalized spacial score (nSPS) is 12.3. The smallest absolute Gasteiger partial charge is 0.165 e. The Labute approximate surface area is 118 Å². The summed E-state index contributed by atoms with van der Waals surface area (Å²) in [5, 5.41) is 4.44. The Morgan fingerprint density at radius 1 is 1.47 bits per heavy atom. The van der Waals surface area contributed by atoms with E-state index in [4.69, 9.17) is 4.74 Å². The van der Waals surface area contributed by atoms with Gasteiger partial charge in [0.2, 0.25) is 0 Å². The van der Waals surface area contributed by atoms with Crippen LogP contribution in [-0.4, -0.2) is 29.4 Å². The molecule has 0 bridgehead atoms. The van der Waals surface area contributed by atoms with E-state index in [1.165, 1.54) is 5.56 Å². The van der Waals surface area contributed by atoms with Crippen molar-refractivity contribution in [2.45, 2.75) is 18.1 Å². The van der Waals surface area contributed by atoms with Crippen molar-refractivity contribution in [3.05, 3.63) is 42.2 Å². The molecule has 19 heavy (non-hydrogen) atoms. The largest absolute Gasteiger partial charge is 0.497 e. The highest BCUT2D eigenvalue weighted by Crippen LogP contribution is 2.24. The summed E-state index contributed by atoms with van der Waals surface area (Å²) in [6, 6.07) is 8.48. The number of aromatic nitrogens is 2. The lowest BCUT2D eigenvalue weighted by atomic mass is 10.1. The standard InChI is InChI=1S/C14H19N3OS/c1-3-15-13(10-19-14-16-7-8-17-14)11-5-4-6-12(9-11)18-2/h4-9,13,15H,3,10H2,1-2H3,(H,16,17). The van der Waals surface area contributed by atoms with Crippen LogP contribution >= 0.6 is 11.8 Å². The molecule has 4 nitrogen and oxygen atoms in total. The number of nitrogens with one attached hydrogen (secondary N) is 2. The fraction of sp³-hybridized carbons (Fsp3) is 0.357. The van der Waals surface area contributed by atoms with Gasteiger partial charge in [0.15, 0.2) is 5.16 Å². The Kier molecular flexibility index (Phi) is 5.30. The molecule has 0 fully saturated rings. The van der Waals surface area contributed by atoms with Crippen molar-refractivity contribution in [2.75, 3.05) is 19.4 Å². The molecule has 1 atom stereocenters. The molecule has 1 aromatic carbocycles. The van der Waals surface area contributed by atoms with Crippen LogP contribution in [-0.2, 0) is 0 Å². The van der Waals surface area contributed by atoms with Gasteiger partial charge in [-0.05, 0) is 24.2 Å². The molecule has 0 saturated carbocycles. The molecular formula is C14H19N3OS. The molecule has 5 heteroatoms. The van der Waals surface area contributed by atoms with Gasteiger partial charge in [-0.15, -0.1) is 0 Å². The zero-order valence-corrected chi connectivity index (χ0v) is 12.0. The first-order chi connectivity index (χ1) is 9.33. The first-order valence-corrected chi connectivity index (χ1v) is 7.31. The number of rotatable bonds is 7. The number of hydrogen-bond acceptors (Lipinski definition) is 4. The number of imidazole rings is 1. The molecule has 0 spiro atoms. The van der Waals surface area contributed by atoms with Crippen LogP contribution in [0.15, 0.2) is 41.8 Å². The van der Waals surface area contributed by atoms with Crippen LogP contribution in [0.4, 0.5) is 0 Å². The predicted octanol–water partition coefficient (Wildman–Crippen LogP) is 2.86. The van der Waals surface area contributed by atoms with Gasteiger partial charge >= 0.3 is 0 Å². The molecule has 1 heterocycles. The quantitative estimate of drug-likeness (QED) is 0.764. The number of hydrogen-bond donors (Lipinski definition) is 2. The van der Waals surface area contributed by atoms with Crippen molar-refractivity contribution in [1.82, 2.24) is 15.3 Å². The van der Waals surface area contributed by atoms with E-state index in [-0.39, 0.29) is 6.04 Å². The lowest BCUT2D eigenvalue weighted by Crippen LogP contribution is -2.23. The maximum Gasteiger partial charge on any atom is 0.165 e. The van der Waals surface area contributed by atoms with Crippen LogP contribution in [0, 0.1) is 0 Å².